The van der Waals surface area contributed by atoms with Gasteiger partial charge in [0, 0.05) is 32.7 Å². The van der Waals surface area contributed by atoms with Gasteiger partial charge in [-0.05, 0) is 7.05 Å². The summed E-state index contributed by atoms with van der Waals surface area (Å²) in [6.07, 6.45) is 0. The smallest absolute Gasteiger partial charge is 0.276 e. The maximum Gasteiger partial charge on any atom is 0.276 e. The molecule has 82 valence electrons. The third kappa shape index (κ3) is 1.89. The van der Waals surface area contributed by atoms with Gasteiger partial charge in [-0.15, -0.1) is 0 Å². The molecule has 14 heavy (non-hydrogen) atoms. The Morgan fingerprint density at radius 2 is 1.86 bits per heavy atom. The summed E-state index contributed by atoms with van der Waals surface area (Å²) in [4.78, 5) is 4.09. The average molecular weight is 205 g/mol. The van der Waals surface area contributed by atoms with Crippen LogP contribution in [-0.4, -0.2) is 68.1 Å². The summed E-state index contributed by atoms with van der Waals surface area (Å²) in [5.74, 6) is -2.55. The second kappa shape index (κ2) is 3.72. The zero-order valence-corrected chi connectivity index (χ0v) is 8.47. The first kappa shape index (κ1) is 10.3. The standard InChI is InChI=1S/C9H17F2N3/c1-13-2-4-14(5-3-13)8-6-12-7-9(8,10)11/h8,12H,2-7H2,1H3/t8-/m0/s1. The largest absolute Gasteiger partial charge is 0.309 e. The molecule has 0 radical (unpaired) electrons. The van der Waals surface area contributed by atoms with Crippen LogP contribution in [0.25, 0.3) is 0 Å². The average Bonchev–Trinajstić information content (AvgIpc) is 2.47. The van der Waals surface area contributed by atoms with Crippen molar-refractivity contribution in [2.75, 3.05) is 46.3 Å². The van der Waals surface area contributed by atoms with Gasteiger partial charge in [0.05, 0.1) is 12.6 Å². The number of likely N-dealkylation sites (N-methyl/N-ethyl adjacent to an activating group) is 1. The van der Waals surface area contributed by atoms with Gasteiger partial charge in [0.25, 0.3) is 5.92 Å². The monoisotopic (exact) mass is 205 g/mol. The van der Waals surface area contributed by atoms with Crippen molar-refractivity contribution in [3.8, 4) is 0 Å². The Morgan fingerprint density at radius 1 is 1.21 bits per heavy atom. The summed E-state index contributed by atoms with van der Waals surface area (Å²) in [7, 11) is 2.03. The van der Waals surface area contributed by atoms with Gasteiger partial charge in [-0.3, -0.25) is 4.90 Å². The first-order valence-corrected chi connectivity index (χ1v) is 5.11. The van der Waals surface area contributed by atoms with E-state index in [0.29, 0.717) is 6.54 Å². The molecule has 0 aromatic heterocycles. The fraction of sp³-hybridized carbons (Fsp3) is 1.00. The molecule has 0 saturated carbocycles. The number of nitrogens with one attached hydrogen (secondary N) is 1. The summed E-state index contributed by atoms with van der Waals surface area (Å²) < 4.78 is 26.7. The van der Waals surface area contributed by atoms with E-state index in [9.17, 15) is 8.78 Å². The lowest BCUT2D eigenvalue weighted by atomic mass is 10.1. The Morgan fingerprint density at radius 3 is 2.36 bits per heavy atom. The summed E-state index contributed by atoms with van der Waals surface area (Å²) in [5, 5.41) is 2.77. The molecule has 2 aliphatic heterocycles. The highest BCUT2D eigenvalue weighted by Crippen LogP contribution is 2.26. The van der Waals surface area contributed by atoms with Crippen LogP contribution in [0.1, 0.15) is 0 Å². The van der Waals surface area contributed by atoms with Gasteiger partial charge in [0.2, 0.25) is 0 Å². The second-order valence-electron chi connectivity index (χ2n) is 4.25. The predicted molar refractivity (Wildman–Crippen MR) is 50.7 cm³/mol. The third-order valence-electron chi connectivity index (χ3n) is 3.16. The van der Waals surface area contributed by atoms with Gasteiger partial charge in [-0.25, -0.2) is 8.78 Å². The van der Waals surface area contributed by atoms with E-state index >= 15 is 0 Å². The van der Waals surface area contributed by atoms with Crippen LogP contribution < -0.4 is 5.32 Å². The van der Waals surface area contributed by atoms with Crippen LogP contribution in [0.2, 0.25) is 0 Å². The van der Waals surface area contributed by atoms with E-state index in [1.807, 2.05) is 11.9 Å². The van der Waals surface area contributed by atoms with Crippen LogP contribution in [0.3, 0.4) is 0 Å². The molecule has 0 bridgehead atoms. The van der Waals surface area contributed by atoms with Crippen molar-refractivity contribution in [2.45, 2.75) is 12.0 Å². The predicted octanol–water partition coefficient (Wildman–Crippen LogP) is -0.159. The fourth-order valence-corrected chi connectivity index (χ4v) is 2.17. The lowest BCUT2D eigenvalue weighted by Gasteiger charge is -2.37. The highest BCUT2D eigenvalue weighted by atomic mass is 19.3. The maximum absolute atomic E-state index is 13.4. The van der Waals surface area contributed by atoms with Crippen LogP contribution in [0.4, 0.5) is 8.78 Å². The first-order chi connectivity index (χ1) is 6.59. The normalized spacial score (nSPS) is 34.9. The summed E-state index contributed by atoms with van der Waals surface area (Å²) in [5.41, 5.74) is 0. The SMILES string of the molecule is CN1CCN([C@H]2CNCC2(F)F)CC1. The number of alkyl halides is 2. The summed E-state index contributed by atoms with van der Waals surface area (Å²) >= 11 is 0. The van der Waals surface area contributed by atoms with Crippen molar-refractivity contribution in [3.05, 3.63) is 0 Å². The van der Waals surface area contributed by atoms with Crippen LogP contribution in [0.15, 0.2) is 0 Å². The minimum atomic E-state index is -2.55. The molecule has 0 amide bonds. The van der Waals surface area contributed by atoms with Crippen molar-refractivity contribution in [1.82, 2.24) is 15.1 Å². The van der Waals surface area contributed by atoms with Gasteiger partial charge in [0.15, 0.2) is 0 Å². The van der Waals surface area contributed by atoms with Crippen molar-refractivity contribution in [3.63, 3.8) is 0 Å². The van der Waals surface area contributed by atoms with Crippen molar-refractivity contribution >= 4 is 0 Å². The summed E-state index contributed by atoms with van der Waals surface area (Å²) in [6.45, 7) is 3.58. The molecule has 5 heteroatoms. The van der Waals surface area contributed by atoms with Crippen molar-refractivity contribution in [2.24, 2.45) is 0 Å². The Bertz CT molecular complexity index is 202. The molecule has 0 aliphatic carbocycles. The van der Waals surface area contributed by atoms with Crippen molar-refractivity contribution in [1.29, 1.82) is 0 Å². The Hall–Kier alpha value is -0.260. The van der Waals surface area contributed by atoms with Gasteiger partial charge in [-0.2, -0.15) is 0 Å². The molecule has 2 saturated heterocycles. The van der Waals surface area contributed by atoms with E-state index in [0.717, 1.165) is 26.2 Å². The minimum absolute atomic E-state index is 0.163. The number of halogens is 2. The zero-order valence-electron chi connectivity index (χ0n) is 8.47. The number of rotatable bonds is 1. The van der Waals surface area contributed by atoms with Crippen LogP contribution >= 0.6 is 0 Å². The molecule has 0 aromatic carbocycles. The zero-order chi connectivity index (χ0) is 10.2. The van der Waals surface area contributed by atoms with Crippen molar-refractivity contribution < 1.29 is 8.78 Å². The summed E-state index contributed by atoms with van der Waals surface area (Å²) in [6, 6.07) is -0.587. The van der Waals surface area contributed by atoms with E-state index < -0.39 is 12.0 Å². The Labute approximate surface area is 83.0 Å². The lowest BCUT2D eigenvalue weighted by Crippen LogP contribution is -2.54. The quantitative estimate of drug-likeness (QED) is 0.642. The second-order valence-corrected chi connectivity index (χ2v) is 4.25. The van der Waals surface area contributed by atoms with Gasteiger partial charge < -0.3 is 10.2 Å². The molecule has 2 heterocycles. The molecule has 0 aromatic rings. The van der Waals surface area contributed by atoms with E-state index in [-0.39, 0.29) is 6.54 Å². The number of hydrogen-bond acceptors (Lipinski definition) is 3. The van der Waals surface area contributed by atoms with Crippen LogP contribution in [0.5, 0.6) is 0 Å². The highest BCUT2D eigenvalue weighted by molar-refractivity contribution is 4.96. The van der Waals surface area contributed by atoms with Gasteiger partial charge >= 0.3 is 0 Å². The lowest BCUT2D eigenvalue weighted by molar-refractivity contribution is -0.0576. The molecule has 0 spiro atoms. The molecule has 1 N–H and O–H groups in total. The topological polar surface area (TPSA) is 18.5 Å². The maximum atomic E-state index is 13.4. The van der Waals surface area contributed by atoms with E-state index in [4.69, 9.17) is 0 Å². The van der Waals surface area contributed by atoms with E-state index in [1.165, 1.54) is 0 Å². The third-order valence-corrected chi connectivity index (χ3v) is 3.16. The Kier molecular flexibility index (Phi) is 2.72. The number of piperazine rings is 1. The molecular weight excluding hydrogens is 188 g/mol. The molecule has 0 unspecified atom stereocenters. The first-order valence-electron chi connectivity index (χ1n) is 5.11. The number of nitrogens with zero attached hydrogens (tertiary/aromatic N) is 2. The molecule has 2 aliphatic rings. The molecule has 2 rings (SSSR count). The number of hydrogen-bond donors (Lipinski definition) is 1. The molecule has 1 atom stereocenters. The van der Waals surface area contributed by atoms with Gasteiger partial charge in [-0.1, -0.05) is 0 Å². The minimum Gasteiger partial charge on any atom is -0.309 e. The fourth-order valence-electron chi connectivity index (χ4n) is 2.17. The van der Waals surface area contributed by atoms with Gasteiger partial charge in [0.1, 0.15) is 0 Å². The van der Waals surface area contributed by atoms with E-state index in [1.54, 1.807) is 0 Å². The molecular formula is C9H17F2N3. The van der Waals surface area contributed by atoms with Crippen LogP contribution in [0, 0.1) is 0 Å². The molecule has 3 nitrogen and oxygen atoms in total. The van der Waals surface area contributed by atoms with Crippen LogP contribution in [-0.2, 0) is 0 Å². The molecule has 2 fully saturated rings. The Balaban J connectivity index is 1.95. The highest BCUT2D eigenvalue weighted by Gasteiger charge is 2.47. The van der Waals surface area contributed by atoms with E-state index in [2.05, 4.69) is 10.2 Å².